The van der Waals surface area contributed by atoms with Crippen LogP contribution in [0.1, 0.15) is 18.4 Å². The lowest BCUT2D eigenvalue weighted by Gasteiger charge is -2.31. The topological polar surface area (TPSA) is 108 Å². The number of amides is 3. The Kier molecular flexibility index (Phi) is 6.68. The van der Waals surface area contributed by atoms with Crippen molar-refractivity contribution in [1.82, 2.24) is 15.2 Å². The molecule has 1 fully saturated rings. The molecule has 2 aromatic carbocycles. The normalized spacial score (nSPS) is 17.2. The van der Waals surface area contributed by atoms with Gasteiger partial charge >= 0.3 is 6.03 Å². The molecular weight excluding hydrogens is 411 g/mol. The summed E-state index contributed by atoms with van der Waals surface area (Å²) < 4.78 is 40.5. The minimum absolute atomic E-state index is 0.0126. The Hall–Kier alpha value is -2.98. The average Bonchev–Trinajstić information content (AvgIpc) is 2.74. The maximum absolute atomic E-state index is 13.6. The highest BCUT2D eigenvalue weighted by Gasteiger charge is 2.33. The van der Waals surface area contributed by atoms with Gasteiger partial charge in [0.15, 0.2) is 0 Å². The quantitative estimate of drug-likeness (QED) is 0.642. The molecule has 3 amide bonds. The summed E-state index contributed by atoms with van der Waals surface area (Å²) in [5, 5.41) is 2.28. The van der Waals surface area contributed by atoms with Crippen LogP contribution in [0, 0.1) is 18.7 Å². The Morgan fingerprint density at radius 3 is 2.47 bits per heavy atom. The van der Waals surface area contributed by atoms with Crippen molar-refractivity contribution in [3.05, 3.63) is 59.9 Å². The summed E-state index contributed by atoms with van der Waals surface area (Å²) in [5.41, 5.74) is 5.35. The Balaban J connectivity index is 1.57. The molecule has 1 saturated heterocycles. The van der Waals surface area contributed by atoms with Crippen LogP contribution < -0.4 is 16.2 Å². The van der Waals surface area contributed by atoms with Crippen LogP contribution in [0.3, 0.4) is 0 Å². The number of carbonyl (C=O) groups is 2. The van der Waals surface area contributed by atoms with Crippen LogP contribution >= 0.6 is 0 Å². The maximum Gasteiger partial charge on any atom is 0.338 e. The number of carbonyl (C=O) groups excluding carboxylic acids is 2. The van der Waals surface area contributed by atoms with E-state index in [0.29, 0.717) is 19.4 Å². The molecule has 0 unspecified atom stereocenters. The Morgan fingerprint density at radius 2 is 1.77 bits per heavy atom. The number of para-hydroxylation sites is 1. The molecule has 0 saturated carbocycles. The molecule has 0 bridgehead atoms. The van der Waals surface area contributed by atoms with Gasteiger partial charge in [-0.3, -0.25) is 10.2 Å². The highest BCUT2D eigenvalue weighted by molar-refractivity contribution is 7.89. The second-order valence-electron chi connectivity index (χ2n) is 7.06. The summed E-state index contributed by atoms with van der Waals surface area (Å²) in [5.74, 6) is -1.74. The molecule has 0 aliphatic carbocycles. The molecule has 1 atom stereocenters. The number of hydrogen-bond donors (Lipinski definition) is 3. The van der Waals surface area contributed by atoms with Crippen molar-refractivity contribution in [1.29, 1.82) is 0 Å². The van der Waals surface area contributed by atoms with E-state index in [0.717, 1.165) is 5.56 Å². The summed E-state index contributed by atoms with van der Waals surface area (Å²) in [6, 6.07) is 11.3. The predicted molar refractivity (Wildman–Crippen MR) is 109 cm³/mol. The van der Waals surface area contributed by atoms with Crippen LogP contribution in [0.4, 0.5) is 14.9 Å². The van der Waals surface area contributed by atoms with E-state index >= 15 is 0 Å². The zero-order chi connectivity index (χ0) is 21.7. The van der Waals surface area contributed by atoms with Gasteiger partial charge in [0.25, 0.3) is 0 Å². The van der Waals surface area contributed by atoms with E-state index in [1.54, 1.807) is 30.3 Å². The summed E-state index contributed by atoms with van der Waals surface area (Å²) in [6.07, 6.45) is 1.01. The van der Waals surface area contributed by atoms with E-state index in [1.807, 2.05) is 6.92 Å². The molecule has 10 heteroatoms. The number of anilines is 1. The first-order valence-electron chi connectivity index (χ1n) is 9.45. The molecular formula is C20H23FN4O4S. The highest BCUT2D eigenvalue weighted by atomic mass is 32.2. The van der Waals surface area contributed by atoms with Crippen LogP contribution in [-0.2, 0) is 14.8 Å². The number of hydrogen-bond acceptors (Lipinski definition) is 4. The summed E-state index contributed by atoms with van der Waals surface area (Å²) in [6.45, 7) is 2.20. The third kappa shape index (κ3) is 5.14. The fourth-order valence-corrected chi connectivity index (χ4v) is 4.69. The first-order chi connectivity index (χ1) is 14.3. The first-order valence-corrected chi connectivity index (χ1v) is 10.9. The molecule has 2 aromatic rings. The fraction of sp³-hybridized carbons (Fsp3) is 0.300. The van der Waals surface area contributed by atoms with Gasteiger partial charge < -0.3 is 5.32 Å². The average molecular weight is 434 g/mol. The zero-order valence-electron chi connectivity index (χ0n) is 16.4. The Labute approximate surface area is 174 Å². The number of halogens is 1. The Morgan fingerprint density at radius 1 is 1.07 bits per heavy atom. The molecule has 0 spiro atoms. The molecule has 1 aliphatic rings. The number of nitrogens with one attached hydrogen (secondary N) is 3. The van der Waals surface area contributed by atoms with Gasteiger partial charge in [-0.25, -0.2) is 23.0 Å². The van der Waals surface area contributed by atoms with Crippen LogP contribution in [0.5, 0.6) is 0 Å². The van der Waals surface area contributed by atoms with Crippen LogP contribution in [0.15, 0.2) is 53.4 Å². The third-order valence-electron chi connectivity index (χ3n) is 4.83. The summed E-state index contributed by atoms with van der Waals surface area (Å²) in [4.78, 5) is 24.5. The molecule has 0 radical (unpaired) electrons. The van der Waals surface area contributed by atoms with Gasteiger partial charge in [-0.15, -0.1) is 0 Å². The number of urea groups is 1. The van der Waals surface area contributed by atoms with E-state index in [2.05, 4.69) is 16.2 Å². The number of sulfonamides is 1. The van der Waals surface area contributed by atoms with E-state index in [9.17, 15) is 22.4 Å². The monoisotopic (exact) mass is 434 g/mol. The maximum atomic E-state index is 13.6. The van der Waals surface area contributed by atoms with Gasteiger partial charge in [0.05, 0.1) is 16.5 Å². The van der Waals surface area contributed by atoms with E-state index in [-0.39, 0.29) is 17.1 Å². The number of rotatable bonds is 4. The first kappa shape index (κ1) is 21.7. The highest BCUT2D eigenvalue weighted by Crippen LogP contribution is 2.24. The van der Waals surface area contributed by atoms with Crippen LogP contribution in [-0.4, -0.2) is 37.8 Å². The molecule has 8 nitrogen and oxygen atoms in total. The number of benzene rings is 2. The van der Waals surface area contributed by atoms with E-state index in [1.165, 1.54) is 22.5 Å². The third-order valence-corrected chi connectivity index (χ3v) is 6.71. The van der Waals surface area contributed by atoms with Crippen LogP contribution in [0.25, 0.3) is 0 Å². The van der Waals surface area contributed by atoms with Gasteiger partial charge in [0, 0.05) is 13.1 Å². The van der Waals surface area contributed by atoms with Gasteiger partial charge in [-0.2, -0.15) is 4.31 Å². The SMILES string of the molecule is Cc1ccc(S(=O)(=O)N2CCC[C@@H](C(=O)NNC(=O)Nc3ccccc3F)C2)cc1. The number of aryl methyl sites for hydroxylation is 1. The number of hydrazine groups is 1. The predicted octanol–water partition coefficient (Wildman–Crippen LogP) is 2.39. The molecule has 1 heterocycles. The van der Waals surface area contributed by atoms with E-state index < -0.39 is 33.7 Å². The van der Waals surface area contributed by atoms with Crippen molar-refractivity contribution in [3.63, 3.8) is 0 Å². The summed E-state index contributed by atoms with van der Waals surface area (Å²) >= 11 is 0. The zero-order valence-corrected chi connectivity index (χ0v) is 17.2. The fourth-order valence-electron chi connectivity index (χ4n) is 3.17. The van der Waals surface area contributed by atoms with Crippen molar-refractivity contribution in [3.8, 4) is 0 Å². The van der Waals surface area contributed by atoms with Gasteiger partial charge in [-0.1, -0.05) is 29.8 Å². The van der Waals surface area contributed by atoms with Gasteiger partial charge in [-0.05, 0) is 44.0 Å². The summed E-state index contributed by atoms with van der Waals surface area (Å²) in [7, 11) is -3.71. The molecule has 3 rings (SSSR count). The molecule has 1 aliphatic heterocycles. The van der Waals surface area contributed by atoms with Gasteiger partial charge in [0.1, 0.15) is 5.82 Å². The minimum Gasteiger partial charge on any atom is -0.304 e. The van der Waals surface area contributed by atoms with Crippen molar-refractivity contribution >= 4 is 27.6 Å². The lowest BCUT2D eigenvalue weighted by molar-refractivity contribution is -0.126. The Bertz CT molecular complexity index is 1030. The standard InChI is InChI=1S/C20H23FN4O4S/c1-14-8-10-16(11-9-14)30(28,29)25-12-4-5-15(13-25)19(26)23-24-20(27)22-18-7-3-2-6-17(18)21/h2-3,6-11,15H,4-5,12-13H2,1H3,(H,23,26)(H2,22,24,27)/t15-/m1/s1. The van der Waals surface area contributed by atoms with Crippen molar-refractivity contribution in [2.45, 2.75) is 24.7 Å². The molecule has 0 aromatic heterocycles. The molecule has 30 heavy (non-hydrogen) atoms. The lowest BCUT2D eigenvalue weighted by atomic mass is 9.99. The van der Waals surface area contributed by atoms with Crippen molar-refractivity contribution < 1.29 is 22.4 Å². The molecule has 3 N–H and O–H groups in total. The van der Waals surface area contributed by atoms with Crippen molar-refractivity contribution in [2.24, 2.45) is 5.92 Å². The smallest absolute Gasteiger partial charge is 0.304 e. The van der Waals surface area contributed by atoms with Crippen molar-refractivity contribution in [2.75, 3.05) is 18.4 Å². The number of nitrogens with zero attached hydrogens (tertiary/aromatic N) is 1. The number of piperidine rings is 1. The second-order valence-corrected chi connectivity index (χ2v) is 9.00. The largest absolute Gasteiger partial charge is 0.338 e. The lowest BCUT2D eigenvalue weighted by Crippen LogP contribution is -2.50. The minimum atomic E-state index is -3.71. The molecule has 160 valence electrons. The van der Waals surface area contributed by atoms with E-state index in [4.69, 9.17) is 0 Å². The van der Waals surface area contributed by atoms with Gasteiger partial charge in [0.2, 0.25) is 15.9 Å². The second kappa shape index (κ2) is 9.23. The van der Waals surface area contributed by atoms with Crippen LogP contribution in [0.2, 0.25) is 0 Å².